The molecule has 2 aromatic heterocycles. The van der Waals surface area contributed by atoms with E-state index in [0.717, 1.165) is 36.7 Å². The van der Waals surface area contributed by atoms with Gasteiger partial charge in [-0.05, 0) is 49.4 Å². The van der Waals surface area contributed by atoms with Crippen LogP contribution in [-0.4, -0.2) is 37.7 Å². The SMILES string of the molecule is NS(=O)OCC1CCC(Nc2ncncc2C(=O)c2cc(C(O)c3cc(Cl)ccc3F)c(Cl)s2)C1. The fourth-order valence-corrected chi connectivity index (χ4v) is 5.81. The number of aromatic nitrogens is 2. The van der Waals surface area contributed by atoms with E-state index < -0.39 is 23.2 Å². The number of thiophene rings is 1. The van der Waals surface area contributed by atoms with Gasteiger partial charge in [-0.25, -0.2) is 23.7 Å². The largest absolute Gasteiger partial charge is 0.383 e. The second kappa shape index (κ2) is 11.4. The van der Waals surface area contributed by atoms with Gasteiger partial charge in [0.05, 0.1) is 21.4 Å². The van der Waals surface area contributed by atoms with Crippen LogP contribution in [0, 0.1) is 11.7 Å². The monoisotopic (exact) mass is 558 g/mol. The van der Waals surface area contributed by atoms with Crippen LogP contribution in [-0.2, 0) is 15.4 Å². The third kappa shape index (κ3) is 6.23. The summed E-state index contributed by atoms with van der Waals surface area (Å²) in [6.45, 7) is 0.295. The summed E-state index contributed by atoms with van der Waals surface area (Å²) in [5.74, 6) is -0.473. The smallest absolute Gasteiger partial charge is 0.231 e. The molecule has 1 aromatic carbocycles. The van der Waals surface area contributed by atoms with Gasteiger partial charge in [0.15, 0.2) is 0 Å². The minimum Gasteiger partial charge on any atom is -0.383 e. The molecule has 0 spiro atoms. The first-order valence-corrected chi connectivity index (χ1v) is 13.3. The maximum Gasteiger partial charge on any atom is 0.231 e. The highest BCUT2D eigenvalue weighted by atomic mass is 35.5. The van der Waals surface area contributed by atoms with Crippen LogP contribution in [0.1, 0.15) is 51.7 Å². The molecule has 0 aliphatic heterocycles. The number of carbonyl (C=O) groups is 1. The third-order valence-corrected chi connectivity index (χ3v) is 7.73. The van der Waals surface area contributed by atoms with Crippen molar-refractivity contribution in [1.82, 2.24) is 9.97 Å². The second-order valence-electron chi connectivity index (χ2n) is 8.09. The Labute approximate surface area is 217 Å². The molecule has 13 heteroatoms. The number of rotatable bonds is 9. The van der Waals surface area contributed by atoms with E-state index in [-0.39, 0.29) is 48.7 Å². The maximum absolute atomic E-state index is 14.3. The molecular formula is C22H21Cl2FN4O4S2. The van der Waals surface area contributed by atoms with Crippen LogP contribution in [0.4, 0.5) is 10.2 Å². The summed E-state index contributed by atoms with van der Waals surface area (Å²) >= 11 is 11.4. The van der Waals surface area contributed by atoms with Gasteiger partial charge >= 0.3 is 0 Å². The van der Waals surface area contributed by atoms with Gasteiger partial charge in [-0.15, -0.1) is 11.3 Å². The average Bonchev–Trinajstić information content (AvgIpc) is 3.45. The van der Waals surface area contributed by atoms with Gasteiger partial charge in [0.25, 0.3) is 0 Å². The number of aliphatic hydroxyl groups is 1. The summed E-state index contributed by atoms with van der Waals surface area (Å²) in [7, 11) is 0. The van der Waals surface area contributed by atoms with E-state index in [9.17, 15) is 18.5 Å². The van der Waals surface area contributed by atoms with Crippen molar-refractivity contribution in [1.29, 1.82) is 0 Å². The highest BCUT2D eigenvalue weighted by molar-refractivity contribution is 7.77. The van der Waals surface area contributed by atoms with Crippen LogP contribution in [0.5, 0.6) is 0 Å². The fraction of sp³-hybridized carbons (Fsp3) is 0.318. The average molecular weight is 559 g/mol. The zero-order valence-electron chi connectivity index (χ0n) is 18.1. The molecule has 0 radical (unpaired) electrons. The first-order chi connectivity index (χ1) is 16.7. The maximum atomic E-state index is 14.3. The van der Waals surface area contributed by atoms with Gasteiger partial charge < -0.3 is 10.4 Å². The minimum absolute atomic E-state index is 0.0337. The summed E-state index contributed by atoms with van der Waals surface area (Å²) in [5, 5.41) is 19.4. The Kier molecular flexibility index (Phi) is 8.48. The van der Waals surface area contributed by atoms with Crippen LogP contribution in [0.25, 0.3) is 0 Å². The molecule has 1 aliphatic carbocycles. The molecule has 0 bridgehead atoms. The number of ketones is 1. The molecule has 1 saturated carbocycles. The topological polar surface area (TPSA) is 127 Å². The molecule has 4 unspecified atom stereocenters. The van der Waals surface area contributed by atoms with E-state index >= 15 is 0 Å². The number of nitrogens with zero attached hydrogens (tertiary/aromatic N) is 2. The fourth-order valence-electron chi connectivity index (χ4n) is 4.03. The third-order valence-electron chi connectivity index (χ3n) is 5.74. The van der Waals surface area contributed by atoms with Crippen molar-refractivity contribution in [2.75, 3.05) is 11.9 Å². The van der Waals surface area contributed by atoms with Gasteiger partial charge in [-0.3, -0.25) is 8.98 Å². The number of hydrogen-bond donors (Lipinski definition) is 3. The van der Waals surface area contributed by atoms with Crippen LogP contribution in [0.15, 0.2) is 36.8 Å². The van der Waals surface area contributed by atoms with Gasteiger partial charge in [0, 0.05) is 28.4 Å². The molecule has 35 heavy (non-hydrogen) atoms. The zero-order chi connectivity index (χ0) is 25.1. The summed E-state index contributed by atoms with van der Waals surface area (Å²) in [6.07, 6.45) is 3.75. The quantitative estimate of drug-likeness (QED) is 0.331. The Morgan fingerprint density at radius 1 is 1.34 bits per heavy atom. The highest BCUT2D eigenvalue weighted by Crippen LogP contribution is 2.38. The van der Waals surface area contributed by atoms with Crippen molar-refractivity contribution in [2.24, 2.45) is 11.1 Å². The van der Waals surface area contributed by atoms with Crippen molar-refractivity contribution in [3.63, 3.8) is 0 Å². The van der Waals surface area contributed by atoms with Gasteiger partial charge in [0.2, 0.25) is 17.0 Å². The second-order valence-corrected chi connectivity index (χ2v) is 10.9. The minimum atomic E-state index is -1.80. The standard InChI is InChI=1S/C22H21Cl2FN4O4S2/c23-12-2-4-17(25)14(6-12)19(30)15-7-18(34-21(15)24)20(31)16-8-27-10-28-22(16)29-13-3-1-11(5-13)9-33-35(26)32/h2,4,6-8,10-11,13,19,30H,1,3,5,9,26H2,(H,27,28,29). The van der Waals surface area contributed by atoms with Crippen molar-refractivity contribution < 1.29 is 22.7 Å². The Bertz CT molecular complexity index is 1260. The number of hydrogen-bond acceptors (Lipinski definition) is 8. The number of carbonyl (C=O) groups excluding carboxylic acids is 1. The van der Waals surface area contributed by atoms with E-state index in [1.807, 2.05) is 0 Å². The highest BCUT2D eigenvalue weighted by Gasteiger charge is 2.28. The summed E-state index contributed by atoms with van der Waals surface area (Å²) in [6, 6.07) is 5.32. The number of aliphatic hydroxyl groups excluding tert-OH is 1. The Morgan fingerprint density at radius 2 is 2.14 bits per heavy atom. The van der Waals surface area contributed by atoms with Crippen LogP contribution < -0.4 is 10.5 Å². The van der Waals surface area contributed by atoms with E-state index in [1.165, 1.54) is 30.7 Å². The first-order valence-electron chi connectivity index (χ1n) is 10.6. The molecule has 1 aliphatic rings. The Morgan fingerprint density at radius 3 is 2.91 bits per heavy atom. The Hall–Kier alpha value is -1.99. The summed E-state index contributed by atoms with van der Waals surface area (Å²) in [5.41, 5.74) is 0.395. The molecular weight excluding hydrogens is 538 g/mol. The van der Waals surface area contributed by atoms with Crippen molar-refractivity contribution in [2.45, 2.75) is 31.4 Å². The van der Waals surface area contributed by atoms with Crippen molar-refractivity contribution >= 4 is 57.4 Å². The molecule has 3 aromatic rings. The van der Waals surface area contributed by atoms with Crippen LogP contribution >= 0.6 is 34.5 Å². The number of anilines is 1. The molecule has 0 saturated heterocycles. The first kappa shape index (κ1) is 26.1. The van der Waals surface area contributed by atoms with E-state index in [4.69, 9.17) is 32.5 Å². The molecule has 0 amide bonds. The zero-order valence-corrected chi connectivity index (χ0v) is 21.3. The number of nitrogens with two attached hydrogens (primary N) is 1. The number of nitrogens with one attached hydrogen (secondary N) is 1. The van der Waals surface area contributed by atoms with E-state index in [0.29, 0.717) is 12.4 Å². The molecule has 2 heterocycles. The molecule has 4 rings (SSSR count). The summed E-state index contributed by atoms with van der Waals surface area (Å²) < 4.78 is 30.4. The molecule has 4 atom stereocenters. The number of halogens is 3. The van der Waals surface area contributed by atoms with Gasteiger partial charge in [0.1, 0.15) is 24.1 Å². The summed E-state index contributed by atoms with van der Waals surface area (Å²) in [4.78, 5) is 21.8. The molecule has 8 nitrogen and oxygen atoms in total. The van der Waals surface area contributed by atoms with Gasteiger partial charge in [-0.2, -0.15) is 0 Å². The van der Waals surface area contributed by atoms with Gasteiger partial charge in [-0.1, -0.05) is 23.2 Å². The van der Waals surface area contributed by atoms with Crippen LogP contribution in [0.2, 0.25) is 9.36 Å². The lowest BCUT2D eigenvalue weighted by molar-refractivity contribution is 0.104. The van der Waals surface area contributed by atoms with Crippen LogP contribution in [0.3, 0.4) is 0 Å². The predicted molar refractivity (Wildman–Crippen MR) is 133 cm³/mol. The lowest BCUT2D eigenvalue weighted by atomic mass is 10.0. The molecule has 1 fully saturated rings. The lowest BCUT2D eigenvalue weighted by Crippen LogP contribution is -2.20. The number of benzene rings is 1. The normalized spacial score (nSPS) is 19.5. The molecule has 186 valence electrons. The lowest BCUT2D eigenvalue weighted by Gasteiger charge is -2.15. The Balaban J connectivity index is 1.52. The van der Waals surface area contributed by atoms with E-state index in [1.54, 1.807) is 0 Å². The van der Waals surface area contributed by atoms with Crippen molar-refractivity contribution in [3.8, 4) is 0 Å². The van der Waals surface area contributed by atoms with E-state index in [2.05, 4.69) is 15.3 Å². The van der Waals surface area contributed by atoms with Crippen molar-refractivity contribution in [3.05, 3.63) is 73.5 Å². The predicted octanol–water partition coefficient (Wildman–Crippen LogP) is 4.43. The molecule has 4 N–H and O–H groups in total.